The topological polar surface area (TPSA) is 79.5 Å². The number of nitrogens with one attached hydrogen (secondary N) is 3. The van der Waals surface area contributed by atoms with E-state index in [9.17, 15) is 9.59 Å². The molecule has 2 amide bonds. The number of hydrogen-bond acceptors (Lipinski definition) is 4. The molecule has 100 valence electrons. The van der Waals surface area contributed by atoms with E-state index in [1.165, 1.54) is 0 Å². The van der Waals surface area contributed by atoms with Gasteiger partial charge in [0.15, 0.2) is 0 Å². The first-order chi connectivity index (χ1) is 9.24. The van der Waals surface area contributed by atoms with Crippen molar-refractivity contribution in [2.45, 2.75) is 12.5 Å². The molecule has 0 aromatic heterocycles. The molecule has 0 aliphatic carbocycles. The zero-order valence-electron chi connectivity index (χ0n) is 10.3. The highest BCUT2D eigenvalue weighted by molar-refractivity contribution is 5.89. The summed E-state index contributed by atoms with van der Waals surface area (Å²) in [6, 6.07) is 7.35. The molecule has 1 aromatic carbocycles. The van der Waals surface area contributed by atoms with Gasteiger partial charge in [0.2, 0.25) is 5.91 Å². The van der Waals surface area contributed by atoms with E-state index in [-0.39, 0.29) is 24.3 Å². The van der Waals surface area contributed by atoms with E-state index in [2.05, 4.69) is 16.1 Å². The summed E-state index contributed by atoms with van der Waals surface area (Å²) < 4.78 is 0. The van der Waals surface area contributed by atoms with Crippen LogP contribution in [0.4, 0.5) is 5.69 Å². The first-order valence-electron chi connectivity index (χ1n) is 6.28. The number of hydrogen-bond donors (Lipinski definition) is 3. The van der Waals surface area contributed by atoms with Gasteiger partial charge in [-0.3, -0.25) is 14.4 Å². The van der Waals surface area contributed by atoms with Crippen molar-refractivity contribution in [2.75, 3.05) is 18.5 Å². The van der Waals surface area contributed by atoms with Crippen molar-refractivity contribution in [1.82, 2.24) is 10.8 Å². The summed E-state index contributed by atoms with van der Waals surface area (Å²) in [5, 5.41) is 5.95. The molecule has 2 aliphatic heterocycles. The zero-order valence-corrected chi connectivity index (χ0v) is 10.3. The van der Waals surface area contributed by atoms with Crippen LogP contribution in [0.25, 0.3) is 0 Å². The average molecular weight is 261 g/mol. The molecule has 19 heavy (non-hydrogen) atoms. The molecule has 6 nitrogen and oxygen atoms in total. The number of hydroxylamine groups is 1. The van der Waals surface area contributed by atoms with Crippen LogP contribution in [-0.4, -0.2) is 31.0 Å². The van der Waals surface area contributed by atoms with Crippen LogP contribution in [0.3, 0.4) is 0 Å². The van der Waals surface area contributed by atoms with Crippen molar-refractivity contribution < 1.29 is 14.4 Å². The van der Waals surface area contributed by atoms with Crippen LogP contribution >= 0.6 is 0 Å². The van der Waals surface area contributed by atoms with E-state index < -0.39 is 6.04 Å². The van der Waals surface area contributed by atoms with Crippen molar-refractivity contribution in [3.63, 3.8) is 0 Å². The highest BCUT2D eigenvalue weighted by atomic mass is 16.7. The Hall–Kier alpha value is -2.08. The number of benzene rings is 1. The maximum absolute atomic E-state index is 12.1. The third kappa shape index (κ3) is 2.39. The minimum atomic E-state index is -0.579. The van der Waals surface area contributed by atoms with Gasteiger partial charge in [-0.25, -0.2) is 5.48 Å². The van der Waals surface area contributed by atoms with Gasteiger partial charge in [-0.1, -0.05) is 18.2 Å². The number of anilines is 1. The Labute approximate surface area is 110 Å². The number of carbonyl (C=O) groups is 2. The Kier molecular flexibility index (Phi) is 3.08. The Morgan fingerprint density at radius 2 is 2.21 bits per heavy atom. The first-order valence-corrected chi connectivity index (χ1v) is 6.28. The third-order valence-electron chi connectivity index (χ3n) is 3.45. The smallest absolute Gasteiger partial charge is 0.268 e. The van der Waals surface area contributed by atoms with Crippen LogP contribution in [0.1, 0.15) is 5.56 Å². The van der Waals surface area contributed by atoms with Crippen LogP contribution in [0.2, 0.25) is 0 Å². The molecule has 3 N–H and O–H groups in total. The summed E-state index contributed by atoms with van der Waals surface area (Å²) in [5.74, 6) is -0.575. The molecule has 0 bridgehead atoms. The Balaban J connectivity index is 1.64. The third-order valence-corrected chi connectivity index (χ3v) is 3.45. The molecule has 2 heterocycles. The minimum absolute atomic E-state index is 0.118. The fourth-order valence-corrected chi connectivity index (χ4v) is 2.37. The van der Waals surface area contributed by atoms with Gasteiger partial charge in [-0.2, -0.15) is 0 Å². The number of fused-ring (bicyclic) bond motifs is 1. The van der Waals surface area contributed by atoms with Crippen LogP contribution in [0.15, 0.2) is 24.3 Å². The second-order valence-corrected chi connectivity index (χ2v) is 4.78. The van der Waals surface area contributed by atoms with Crippen molar-refractivity contribution in [3.8, 4) is 0 Å². The summed E-state index contributed by atoms with van der Waals surface area (Å²) in [6.45, 7) is 0.763. The maximum Gasteiger partial charge on any atom is 0.268 e. The quantitative estimate of drug-likeness (QED) is 0.690. The fraction of sp³-hybridized carbons (Fsp3) is 0.385. The van der Waals surface area contributed by atoms with Gasteiger partial charge in [0.25, 0.3) is 5.91 Å². The van der Waals surface area contributed by atoms with Crippen LogP contribution < -0.4 is 16.1 Å². The maximum atomic E-state index is 12.1. The SMILES string of the molecule is O=C(N[C@@H]1CONC1=O)C1CNc2ccccc2C1. The van der Waals surface area contributed by atoms with Crippen molar-refractivity contribution in [1.29, 1.82) is 0 Å². The summed E-state index contributed by atoms with van der Waals surface area (Å²) in [7, 11) is 0. The molecule has 1 unspecified atom stereocenters. The minimum Gasteiger partial charge on any atom is -0.384 e. The van der Waals surface area contributed by atoms with Gasteiger partial charge in [0, 0.05) is 12.2 Å². The van der Waals surface area contributed by atoms with Gasteiger partial charge < -0.3 is 10.6 Å². The van der Waals surface area contributed by atoms with E-state index >= 15 is 0 Å². The van der Waals surface area contributed by atoms with Crippen LogP contribution in [-0.2, 0) is 20.8 Å². The highest BCUT2D eigenvalue weighted by Crippen LogP contribution is 2.24. The summed E-state index contributed by atoms with van der Waals surface area (Å²) in [5.41, 5.74) is 4.43. The molecule has 1 fully saturated rings. The lowest BCUT2D eigenvalue weighted by molar-refractivity contribution is -0.130. The summed E-state index contributed by atoms with van der Waals surface area (Å²) in [4.78, 5) is 28.2. The Bertz CT molecular complexity index is 518. The molecule has 3 rings (SSSR count). The number of para-hydroxylation sites is 1. The van der Waals surface area contributed by atoms with Crippen LogP contribution in [0, 0.1) is 5.92 Å². The predicted molar refractivity (Wildman–Crippen MR) is 68.2 cm³/mol. The van der Waals surface area contributed by atoms with E-state index in [0.717, 1.165) is 11.3 Å². The van der Waals surface area contributed by atoms with Gasteiger partial charge in [0.05, 0.1) is 5.92 Å². The van der Waals surface area contributed by atoms with E-state index in [4.69, 9.17) is 4.84 Å². The molecule has 6 heteroatoms. The summed E-state index contributed by atoms with van der Waals surface area (Å²) >= 11 is 0. The molecule has 0 saturated carbocycles. The molecule has 1 aromatic rings. The van der Waals surface area contributed by atoms with Crippen molar-refractivity contribution in [2.24, 2.45) is 5.92 Å². The normalized spacial score (nSPS) is 25.2. The second kappa shape index (κ2) is 4.89. The van der Waals surface area contributed by atoms with E-state index in [1.54, 1.807) is 0 Å². The highest BCUT2D eigenvalue weighted by Gasteiger charge is 2.31. The lowest BCUT2D eigenvalue weighted by Crippen LogP contribution is -2.47. The van der Waals surface area contributed by atoms with Gasteiger partial charge in [0.1, 0.15) is 12.6 Å². The largest absolute Gasteiger partial charge is 0.384 e. The molecule has 2 aliphatic rings. The molecular weight excluding hydrogens is 246 g/mol. The fourth-order valence-electron chi connectivity index (χ4n) is 2.37. The van der Waals surface area contributed by atoms with Crippen molar-refractivity contribution in [3.05, 3.63) is 29.8 Å². The zero-order chi connectivity index (χ0) is 13.2. The average Bonchev–Trinajstić information content (AvgIpc) is 2.84. The molecule has 0 spiro atoms. The standard InChI is InChI=1S/C13H15N3O3/c17-12(15-11-7-19-16-13(11)18)9-5-8-3-1-2-4-10(8)14-6-9/h1-4,9,11,14H,5-7H2,(H,15,17)(H,16,18)/t9?,11-/m1/s1. The number of amides is 2. The van der Waals surface area contributed by atoms with Crippen molar-refractivity contribution >= 4 is 17.5 Å². The summed E-state index contributed by atoms with van der Waals surface area (Å²) in [6.07, 6.45) is 0.685. The second-order valence-electron chi connectivity index (χ2n) is 4.78. The number of carbonyl (C=O) groups excluding carboxylic acids is 2. The van der Waals surface area contributed by atoms with E-state index in [1.807, 2.05) is 24.3 Å². The first kappa shape index (κ1) is 12.0. The van der Waals surface area contributed by atoms with E-state index in [0.29, 0.717) is 13.0 Å². The number of rotatable bonds is 2. The van der Waals surface area contributed by atoms with Gasteiger partial charge in [-0.05, 0) is 18.1 Å². The molecule has 0 radical (unpaired) electrons. The van der Waals surface area contributed by atoms with Gasteiger partial charge in [-0.15, -0.1) is 0 Å². The van der Waals surface area contributed by atoms with Gasteiger partial charge >= 0.3 is 0 Å². The van der Waals surface area contributed by atoms with Crippen LogP contribution in [0.5, 0.6) is 0 Å². The Morgan fingerprint density at radius 1 is 1.37 bits per heavy atom. The predicted octanol–water partition coefficient (Wildman–Crippen LogP) is -0.183. The Morgan fingerprint density at radius 3 is 3.00 bits per heavy atom. The molecule has 1 saturated heterocycles. The molecule has 2 atom stereocenters. The lowest BCUT2D eigenvalue weighted by atomic mass is 9.93. The monoisotopic (exact) mass is 261 g/mol. The lowest BCUT2D eigenvalue weighted by Gasteiger charge is -2.25. The molecular formula is C13H15N3O3.